The van der Waals surface area contributed by atoms with Crippen molar-refractivity contribution in [1.29, 1.82) is 0 Å². The van der Waals surface area contributed by atoms with Gasteiger partial charge in [0.1, 0.15) is 17.3 Å². The summed E-state index contributed by atoms with van der Waals surface area (Å²) in [6, 6.07) is 1.72. The standard InChI is InChI=1S/C18H21F2N5O2/c1-9-12(13-7-11(19)8-14(20)16(13)22-9)5-6-21-18(26)23-15-10(2)25(3)24-17(15)27-4/h7-8,22H,5-6H2,1-4H3,(H2,21,23,26). The Hall–Kier alpha value is -3.10. The molecule has 27 heavy (non-hydrogen) atoms. The number of fused-ring (bicyclic) bond motifs is 1. The highest BCUT2D eigenvalue weighted by molar-refractivity contribution is 5.91. The summed E-state index contributed by atoms with van der Waals surface area (Å²) in [5, 5.41) is 10.1. The molecule has 2 aromatic heterocycles. The number of benzene rings is 1. The molecular weight excluding hydrogens is 356 g/mol. The van der Waals surface area contributed by atoms with E-state index in [9.17, 15) is 13.6 Å². The van der Waals surface area contributed by atoms with E-state index in [0.29, 0.717) is 29.9 Å². The van der Waals surface area contributed by atoms with E-state index in [4.69, 9.17) is 4.74 Å². The Morgan fingerprint density at radius 1 is 1.33 bits per heavy atom. The second-order valence-corrected chi connectivity index (χ2v) is 6.26. The lowest BCUT2D eigenvalue weighted by Gasteiger charge is -2.08. The number of hydrogen-bond donors (Lipinski definition) is 3. The van der Waals surface area contributed by atoms with Crippen molar-refractivity contribution in [2.75, 3.05) is 19.0 Å². The predicted molar refractivity (Wildman–Crippen MR) is 98.2 cm³/mol. The highest BCUT2D eigenvalue weighted by atomic mass is 19.1. The van der Waals surface area contributed by atoms with Crippen LogP contribution in [0.2, 0.25) is 0 Å². The van der Waals surface area contributed by atoms with Gasteiger partial charge in [-0.15, -0.1) is 5.10 Å². The first kappa shape index (κ1) is 18.7. The number of aromatic amines is 1. The molecule has 7 nitrogen and oxygen atoms in total. The first-order valence-corrected chi connectivity index (χ1v) is 8.40. The van der Waals surface area contributed by atoms with Crippen molar-refractivity contribution in [3.8, 4) is 5.88 Å². The van der Waals surface area contributed by atoms with Gasteiger partial charge in [0.2, 0.25) is 0 Å². The van der Waals surface area contributed by atoms with Gasteiger partial charge in [0.25, 0.3) is 5.88 Å². The van der Waals surface area contributed by atoms with E-state index < -0.39 is 17.7 Å². The van der Waals surface area contributed by atoms with Gasteiger partial charge in [0, 0.05) is 30.7 Å². The molecule has 3 rings (SSSR count). The van der Waals surface area contributed by atoms with Gasteiger partial charge in [-0.1, -0.05) is 0 Å². The van der Waals surface area contributed by atoms with Gasteiger partial charge in [-0.05, 0) is 31.9 Å². The van der Waals surface area contributed by atoms with Crippen LogP contribution in [0, 0.1) is 25.5 Å². The number of halogens is 2. The van der Waals surface area contributed by atoms with Crippen LogP contribution in [0.25, 0.3) is 10.9 Å². The number of H-pyrrole nitrogens is 1. The van der Waals surface area contributed by atoms with Crippen LogP contribution in [-0.4, -0.2) is 34.5 Å². The van der Waals surface area contributed by atoms with Crippen molar-refractivity contribution < 1.29 is 18.3 Å². The summed E-state index contributed by atoms with van der Waals surface area (Å²) in [6.45, 7) is 3.89. The minimum Gasteiger partial charge on any atom is -0.478 e. The largest absolute Gasteiger partial charge is 0.478 e. The average Bonchev–Trinajstić information content (AvgIpc) is 3.06. The minimum atomic E-state index is -0.635. The fourth-order valence-corrected chi connectivity index (χ4v) is 3.05. The van der Waals surface area contributed by atoms with Crippen molar-refractivity contribution in [2.24, 2.45) is 7.05 Å². The molecule has 3 N–H and O–H groups in total. The van der Waals surface area contributed by atoms with Crippen LogP contribution in [0.3, 0.4) is 0 Å². The third-order valence-corrected chi connectivity index (χ3v) is 4.54. The molecular formula is C18H21F2N5O2. The van der Waals surface area contributed by atoms with Crippen LogP contribution in [0.4, 0.5) is 19.3 Å². The predicted octanol–water partition coefficient (Wildman–Crippen LogP) is 3.17. The molecule has 0 bridgehead atoms. The zero-order valence-electron chi connectivity index (χ0n) is 15.5. The van der Waals surface area contributed by atoms with Crippen LogP contribution in [0.5, 0.6) is 5.88 Å². The van der Waals surface area contributed by atoms with Crippen LogP contribution in [0.15, 0.2) is 12.1 Å². The van der Waals surface area contributed by atoms with Crippen LogP contribution in [-0.2, 0) is 13.5 Å². The Kier molecular flexibility index (Phi) is 5.02. The second kappa shape index (κ2) is 7.26. The Bertz CT molecular complexity index is 1010. The van der Waals surface area contributed by atoms with E-state index in [0.717, 1.165) is 23.0 Å². The smallest absolute Gasteiger partial charge is 0.319 e. The molecule has 2 heterocycles. The number of ether oxygens (including phenoxy) is 1. The first-order chi connectivity index (χ1) is 12.8. The molecule has 0 aliphatic heterocycles. The summed E-state index contributed by atoms with van der Waals surface area (Å²) in [5.41, 5.74) is 3.01. The van der Waals surface area contributed by atoms with Gasteiger partial charge >= 0.3 is 6.03 Å². The van der Waals surface area contributed by atoms with E-state index >= 15 is 0 Å². The van der Waals surface area contributed by atoms with Gasteiger partial charge in [0.05, 0.1) is 18.3 Å². The van der Waals surface area contributed by atoms with Crippen LogP contribution < -0.4 is 15.4 Å². The molecule has 0 spiro atoms. The van der Waals surface area contributed by atoms with E-state index in [1.165, 1.54) is 13.2 Å². The number of rotatable bonds is 5. The summed E-state index contributed by atoms with van der Waals surface area (Å²) in [5.74, 6) is -0.946. The van der Waals surface area contributed by atoms with Crippen molar-refractivity contribution in [1.82, 2.24) is 20.1 Å². The zero-order chi connectivity index (χ0) is 19.7. The number of aryl methyl sites for hydroxylation is 2. The summed E-state index contributed by atoms with van der Waals surface area (Å²) >= 11 is 0. The normalized spacial score (nSPS) is 11.0. The molecule has 0 aliphatic carbocycles. The summed E-state index contributed by atoms with van der Waals surface area (Å²) in [7, 11) is 3.22. The van der Waals surface area contributed by atoms with E-state index in [1.807, 2.05) is 6.92 Å². The number of carbonyl (C=O) groups excluding carboxylic acids is 1. The van der Waals surface area contributed by atoms with Crippen LogP contribution >= 0.6 is 0 Å². The average molecular weight is 377 g/mol. The molecule has 144 valence electrons. The number of hydrogen-bond acceptors (Lipinski definition) is 3. The van der Waals surface area contributed by atoms with Crippen molar-refractivity contribution in [3.05, 3.63) is 40.7 Å². The Morgan fingerprint density at radius 2 is 2.07 bits per heavy atom. The van der Waals surface area contributed by atoms with E-state index in [-0.39, 0.29) is 5.52 Å². The maximum Gasteiger partial charge on any atom is 0.319 e. The van der Waals surface area contributed by atoms with Gasteiger partial charge < -0.3 is 20.4 Å². The number of urea groups is 1. The number of methoxy groups -OCH3 is 1. The van der Waals surface area contributed by atoms with Crippen molar-refractivity contribution in [3.63, 3.8) is 0 Å². The highest BCUT2D eigenvalue weighted by Crippen LogP contribution is 2.27. The molecule has 0 saturated heterocycles. The lowest BCUT2D eigenvalue weighted by atomic mass is 10.1. The number of carbonyl (C=O) groups is 1. The van der Waals surface area contributed by atoms with Crippen LogP contribution in [0.1, 0.15) is 17.0 Å². The third-order valence-electron chi connectivity index (χ3n) is 4.54. The number of amides is 2. The molecule has 0 aliphatic rings. The molecule has 0 atom stereocenters. The van der Waals surface area contributed by atoms with E-state index in [2.05, 4.69) is 20.7 Å². The molecule has 9 heteroatoms. The Balaban J connectivity index is 1.68. The van der Waals surface area contributed by atoms with Gasteiger partial charge in [-0.3, -0.25) is 4.68 Å². The lowest BCUT2D eigenvalue weighted by Crippen LogP contribution is -2.30. The topological polar surface area (TPSA) is 84.0 Å². The number of anilines is 1. The molecule has 1 aromatic carbocycles. The monoisotopic (exact) mass is 377 g/mol. The molecule has 2 amide bonds. The fourth-order valence-electron chi connectivity index (χ4n) is 3.05. The summed E-state index contributed by atoms with van der Waals surface area (Å²) < 4.78 is 34.2. The number of aromatic nitrogens is 3. The molecule has 0 fully saturated rings. The quantitative estimate of drug-likeness (QED) is 0.639. The molecule has 0 saturated carbocycles. The molecule has 0 unspecified atom stereocenters. The second-order valence-electron chi connectivity index (χ2n) is 6.26. The third kappa shape index (κ3) is 3.57. The SMILES string of the molecule is COc1nn(C)c(C)c1NC(=O)NCCc1c(C)[nH]c2c(F)cc(F)cc12. The van der Waals surface area contributed by atoms with Gasteiger partial charge in [-0.2, -0.15) is 0 Å². The van der Waals surface area contributed by atoms with Crippen molar-refractivity contribution in [2.45, 2.75) is 20.3 Å². The molecule has 0 radical (unpaired) electrons. The first-order valence-electron chi connectivity index (χ1n) is 8.40. The lowest BCUT2D eigenvalue weighted by molar-refractivity contribution is 0.252. The number of nitrogens with zero attached hydrogens (tertiary/aromatic N) is 2. The Labute approximate surface area is 154 Å². The fraction of sp³-hybridized carbons (Fsp3) is 0.333. The van der Waals surface area contributed by atoms with Gasteiger partial charge in [0.15, 0.2) is 0 Å². The van der Waals surface area contributed by atoms with Crippen molar-refractivity contribution >= 4 is 22.6 Å². The summed E-state index contributed by atoms with van der Waals surface area (Å²) in [6.07, 6.45) is 0.422. The summed E-state index contributed by atoms with van der Waals surface area (Å²) in [4.78, 5) is 15.1. The van der Waals surface area contributed by atoms with E-state index in [1.54, 1.807) is 18.7 Å². The zero-order valence-corrected chi connectivity index (χ0v) is 15.5. The minimum absolute atomic E-state index is 0.268. The maximum absolute atomic E-state index is 13.9. The highest BCUT2D eigenvalue weighted by Gasteiger charge is 2.17. The Morgan fingerprint density at radius 3 is 2.78 bits per heavy atom. The van der Waals surface area contributed by atoms with Gasteiger partial charge in [-0.25, -0.2) is 13.6 Å². The number of nitrogens with one attached hydrogen (secondary N) is 3. The maximum atomic E-state index is 13.9. The molecule has 3 aromatic rings.